The molecule has 2 aliphatic rings. The summed E-state index contributed by atoms with van der Waals surface area (Å²) in [5, 5.41) is -0.400. The number of carbonyl (C=O) groups is 1. The third-order valence-corrected chi connectivity index (χ3v) is 7.95. The summed E-state index contributed by atoms with van der Waals surface area (Å²) >= 11 is 1.70. The van der Waals surface area contributed by atoms with Crippen LogP contribution in [0.15, 0.2) is 0 Å². The fraction of sp³-hybridized carbons (Fsp3) is 0.929. The van der Waals surface area contributed by atoms with Crippen molar-refractivity contribution >= 4 is 27.4 Å². The van der Waals surface area contributed by atoms with E-state index in [4.69, 9.17) is 0 Å². The predicted molar refractivity (Wildman–Crippen MR) is 83.7 cm³/mol. The van der Waals surface area contributed by atoms with Gasteiger partial charge in [-0.1, -0.05) is 20.8 Å². The van der Waals surface area contributed by atoms with Gasteiger partial charge in [0.15, 0.2) is 9.84 Å². The fourth-order valence-electron chi connectivity index (χ4n) is 3.15. The minimum absolute atomic E-state index is 0.0163. The van der Waals surface area contributed by atoms with E-state index in [0.717, 1.165) is 25.1 Å². The lowest BCUT2D eigenvalue weighted by atomic mass is 9.89. The summed E-state index contributed by atoms with van der Waals surface area (Å²) in [5.41, 5.74) is -0.228. The van der Waals surface area contributed by atoms with Crippen molar-refractivity contribution in [3.05, 3.63) is 0 Å². The van der Waals surface area contributed by atoms with E-state index in [9.17, 15) is 13.2 Å². The maximum atomic E-state index is 12.3. The highest BCUT2D eigenvalue weighted by Gasteiger charge is 2.43. The first kappa shape index (κ1) is 16.3. The van der Waals surface area contributed by atoms with Gasteiger partial charge in [-0.3, -0.25) is 9.69 Å². The third kappa shape index (κ3) is 3.22. The molecule has 1 aliphatic carbocycles. The standard InChI is InChI=1S/C14H25NO3S2/c1-4-20(17,18)12-10-19-8-7-15(12)9-11-5-6-14(2,3)13(11)16/h11-12H,4-10H2,1-3H3. The van der Waals surface area contributed by atoms with Gasteiger partial charge < -0.3 is 0 Å². The molecule has 1 saturated carbocycles. The zero-order valence-corrected chi connectivity index (χ0v) is 14.2. The van der Waals surface area contributed by atoms with Crippen molar-refractivity contribution in [1.82, 2.24) is 4.90 Å². The van der Waals surface area contributed by atoms with Gasteiger partial charge in [0.25, 0.3) is 0 Å². The summed E-state index contributed by atoms with van der Waals surface area (Å²) in [6, 6.07) is 0. The lowest BCUT2D eigenvalue weighted by Crippen LogP contribution is -2.50. The van der Waals surface area contributed by atoms with Crippen LogP contribution in [0.3, 0.4) is 0 Å². The van der Waals surface area contributed by atoms with Crippen LogP contribution in [-0.4, -0.2) is 54.8 Å². The summed E-state index contributed by atoms with van der Waals surface area (Å²) in [7, 11) is -3.06. The number of rotatable bonds is 4. The maximum Gasteiger partial charge on any atom is 0.166 e. The first-order valence-electron chi connectivity index (χ1n) is 7.35. The summed E-state index contributed by atoms with van der Waals surface area (Å²) in [5.74, 6) is 2.10. The van der Waals surface area contributed by atoms with Crippen LogP contribution in [0.5, 0.6) is 0 Å². The summed E-state index contributed by atoms with van der Waals surface area (Å²) in [6.45, 7) is 7.10. The van der Waals surface area contributed by atoms with Crippen molar-refractivity contribution in [3.8, 4) is 0 Å². The molecular formula is C14H25NO3S2. The number of Topliss-reactive ketones (excluding diaryl/α,β-unsaturated/α-hetero) is 1. The Bertz CT molecular complexity index is 473. The third-order valence-electron chi connectivity index (χ3n) is 4.62. The molecule has 4 nitrogen and oxygen atoms in total. The van der Waals surface area contributed by atoms with Gasteiger partial charge >= 0.3 is 0 Å². The Labute approximate surface area is 126 Å². The van der Waals surface area contributed by atoms with Crippen LogP contribution in [0.1, 0.15) is 33.6 Å². The van der Waals surface area contributed by atoms with Gasteiger partial charge in [-0.05, 0) is 12.8 Å². The lowest BCUT2D eigenvalue weighted by Gasteiger charge is -2.36. The van der Waals surface area contributed by atoms with E-state index in [1.54, 1.807) is 18.7 Å². The molecule has 2 unspecified atom stereocenters. The van der Waals surface area contributed by atoms with E-state index >= 15 is 0 Å². The van der Waals surface area contributed by atoms with E-state index in [-0.39, 0.29) is 17.1 Å². The number of hydrogen-bond donors (Lipinski definition) is 0. The normalized spacial score (nSPS) is 31.6. The second-order valence-electron chi connectivity index (χ2n) is 6.46. The average molecular weight is 319 g/mol. The predicted octanol–water partition coefficient (Wildman–Crippen LogP) is 1.80. The van der Waals surface area contributed by atoms with Crippen LogP contribution in [0.25, 0.3) is 0 Å². The van der Waals surface area contributed by atoms with Crippen molar-refractivity contribution in [2.75, 3.05) is 30.3 Å². The van der Waals surface area contributed by atoms with Gasteiger partial charge in [-0.2, -0.15) is 11.8 Å². The Morgan fingerprint density at radius 1 is 1.40 bits per heavy atom. The zero-order chi connectivity index (χ0) is 15.0. The molecule has 1 heterocycles. The molecule has 0 N–H and O–H groups in total. The highest BCUT2D eigenvalue weighted by Crippen LogP contribution is 2.38. The molecule has 0 aromatic carbocycles. The number of thioether (sulfide) groups is 1. The molecule has 0 bridgehead atoms. The number of hydrogen-bond acceptors (Lipinski definition) is 5. The smallest absolute Gasteiger partial charge is 0.166 e. The Kier molecular flexibility index (Phi) is 4.87. The molecule has 20 heavy (non-hydrogen) atoms. The second kappa shape index (κ2) is 5.97. The zero-order valence-electron chi connectivity index (χ0n) is 12.6. The molecule has 6 heteroatoms. The van der Waals surface area contributed by atoms with Crippen molar-refractivity contribution in [2.45, 2.75) is 39.0 Å². The first-order chi connectivity index (χ1) is 9.28. The molecule has 2 atom stereocenters. The van der Waals surface area contributed by atoms with E-state index in [0.29, 0.717) is 18.1 Å². The first-order valence-corrected chi connectivity index (χ1v) is 10.2. The average Bonchev–Trinajstić information content (AvgIpc) is 2.66. The topological polar surface area (TPSA) is 54.5 Å². The van der Waals surface area contributed by atoms with Crippen LogP contribution >= 0.6 is 11.8 Å². The second-order valence-corrected chi connectivity index (χ2v) is 10.1. The molecule has 1 aliphatic heterocycles. The van der Waals surface area contributed by atoms with E-state index in [2.05, 4.69) is 0 Å². The molecule has 0 radical (unpaired) electrons. The molecule has 0 aromatic heterocycles. The summed E-state index contributed by atoms with van der Waals surface area (Å²) in [6.07, 6.45) is 1.82. The number of ketones is 1. The molecule has 0 aromatic rings. The van der Waals surface area contributed by atoms with Gasteiger partial charge in [-0.25, -0.2) is 8.42 Å². The Balaban J connectivity index is 2.09. The molecule has 0 spiro atoms. The Morgan fingerprint density at radius 2 is 2.10 bits per heavy atom. The largest absolute Gasteiger partial charge is 0.299 e. The monoisotopic (exact) mass is 319 g/mol. The van der Waals surface area contributed by atoms with Gasteiger partial charge in [-0.15, -0.1) is 0 Å². The number of sulfone groups is 1. The summed E-state index contributed by atoms with van der Waals surface area (Å²) in [4.78, 5) is 14.4. The van der Waals surface area contributed by atoms with Gasteiger partial charge in [0.05, 0.1) is 0 Å². The van der Waals surface area contributed by atoms with Gasteiger partial charge in [0, 0.05) is 41.7 Å². The van der Waals surface area contributed by atoms with Crippen LogP contribution < -0.4 is 0 Å². The lowest BCUT2D eigenvalue weighted by molar-refractivity contribution is -0.128. The quantitative estimate of drug-likeness (QED) is 0.791. The van der Waals surface area contributed by atoms with E-state index < -0.39 is 15.2 Å². The van der Waals surface area contributed by atoms with Crippen LogP contribution in [0.2, 0.25) is 0 Å². The molecule has 0 amide bonds. The van der Waals surface area contributed by atoms with Crippen LogP contribution in [0.4, 0.5) is 0 Å². The molecule has 116 valence electrons. The van der Waals surface area contributed by atoms with Gasteiger partial charge in [0.2, 0.25) is 0 Å². The molecule has 1 saturated heterocycles. The van der Waals surface area contributed by atoms with Crippen molar-refractivity contribution in [1.29, 1.82) is 0 Å². The number of nitrogens with zero attached hydrogens (tertiary/aromatic N) is 1. The fourth-order valence-corrected chi connectivity index (χ4v) is 6.24. The minimum atomic E-state index is -3.06. The summed E-state index contributed by atoms with van der Waals surface area (Å²) < 4.78 is 24.4. The van der Waals surface area contributed by atoms with E-state index in [1.807, 2.05) is 18.7 Å². The van der Waals surface area contributed by atoms with Crippen molar-refractivity contribution < 1.29 is 13.2 Å². The number of carbonyl (C=O) groups excluding carboxylic acids is 1. The Morgan fingerprint density at radius 3 is 2.65 bits per heavy atom. The molecule has 2 rings (SSSR count). The van der Waals surface area contributed by atoms with Crippen LogP contribution in [-0.2, 0) is 14.6 Å². The molecular weight excluding hydrogens is 294 g/mol. The Hall–Kier alpha value is -0.0700. The SMILES string of the molecule is CCS(=O)(=O)C1CSCCN1CC1CCC(C)(C)C1=O. The maximum absolute atomic E-state index is 12.3. The van der Waals surface area contributed by atoms with E-state index in [1.165, 1.54) is 0 Å². The highest BCUT2D eigenvalue weighted by atomic mass is 32.2. The highest BCUT2D eigenvalue weighted by molar-refractivity contribution is 8.01. The molecule has 2 fully saturated rings. The van der Waals surface area contributed by atoms with Crippen molar-refractivity contribution in [3.63, 3.8) is 0 Å². The van der Waals surface area contributed by atoms with Gasteiger partial charge in [0.1, 0.15) is 11.2 Å². The van der Waals surface area contributed by atoms with Crippen molar-refractivity contribution in [2.24, 2.45) is 11.3 Å². The minimum Gasteiger partial charge on any atom is -0.299 e. The van der Waals surface area contributed by atoms with Crippen LogP contribution in [0, 0.1) is 11.3 Å².